The average molecular weight is 302 g/mol. The van der Waals surface area contributed by atoms with Crippen LogP contribution < -0.4 is 5.48 Å². The summed E-state index contributed by atoms with van der Waals surface area (Å²) in [4.78, 5) is 26.3. The normalized spacial score (nSPS) is 23.7. The van der Waals surface area contributed by atoms with Crippen LogP contribution in [-0.4, -0.2) is 35.0 Å². The van der Waals surface area contributed by atoms with Gasteiger partial charge in [0.15, 0.2) is 0 Å². The van der Waals surface area contributed by atoms with Gasteiger partial charge in [-0.15, -0.1) is 0 Å². The molecule has 1 heterocycles. The van der Waals surface area contributed by atoms with Crippen molar-refractivity contribution in [2.75, 3.05) is 13.1 Å². The van der Waals surface area contributed by atoms with E-state index in [-0.39, 0.29) is 11.3 Å². The second kappa shape index (κ2) is 5.72. The maximum absolute atomic E-state index is 12.8. The molecule has 1 aromatic carbocycles. The second-order valence-electron chi connectivity index (χ2n) is 6.42. The lowest BCUT2D eigenvalue weighted by atomic mass is 9.70. The number of carbonyl (C=O) groups excluding carboxylic acids is 2. The molecule has 1 fully saturated rings. The van der Waals surface area contributed by atoms with Crippen molar-refractivity contribution in [1.82, 2.24) is 10.4 Å². The Labute approximate surface area is 130 Å². The lowest BCUT2D eigenvalue weighted by Gasteiger charge is -2.33. The zero-order chi connectivity index (χ0) is 15.7. The minimum Gasteiger partial charge on any atom is -0.342 e. The first-order chi connectivity index (χ1) is 10.6. The van der Waals surface area contributed by atoms with Crippen LogP contribution in [0, 0.1) is 5.41 Å². The highest BCUT2D eigenvalue weighted by atomic mass is 16.5. The molecule has 0 aromatic heterocycles. The van der Waals surface area contributed by atoms with Gasteiger partial charge in [-0.3, -0.25) is 14.8 Å². The third kappa shape index (κ3) is 2.39. The number of likely N-dealkylation sites (tertiary alicyclic amines) is 1. The SMILES string of the molecule is CCCN1CCC2(CCc3ccc(C(=O)NO)cc3C2)C1=O. The number of fused-ring (bicyclic) bond motifs is 1. The summed E-state index contributed by atoms with van der Waals surface area (Å²) in [6, 6.07) is 5.48. The van der Waals surface area contributed by atoms with E-state index in [0.717, 1.165) is 44.3 Å². The molecule has 0 bridgehead atoms. The summed E-state index contributed by atoms with van der Waals surface area (Å²) in [5.74, 6) is -0.232. The van der Waals surface area contributed by atoms with Gasteiger partial charge in [0, 0.05) is 18.7 Å². The van der Waals surface area contributed by atoms with Crippen LogP contribution in [0.25, 0.3) is 0 Å². The van der Waals surface area contributed by atoms with E-state index in [4.69, 9.17) is 5.21 Å². The molecule has 2 aliphatic rings. The molecule has 118 valence electrons. The maximum Gasteiger partial charge on any atom is 0.274 e. The average Bonchev–Trinajstić information content (AvgIpc) is 2.83. The van der Waals surface area contributed by atoms with E-state index in [1.54, 1.807) is 11.5 Å². The quantitative estimate of drug-likeness (QED) is 0.662. The number of carbonyl (C=O) groups is 2. The molecule has 1 spiro atoms. The van der Waals surface area contributed by atoms with E-state index in [0.29, 0.717) is 12.0 Å². The van der Waals surface area contributed by atoms with E-state index in [1.807, 2.05) is 17.0 Å². The van der Waals surface area contributed by atoms with Crippen molar-refractivity contribution >= 4 is 11.8 Å². The fourth-order valence-electron chi connectivity index (χ4n) is 3.84. The number of amides is 2. The minimum absolute atomic E-state index is 0.275. The molecular formula is C17H22N2O3. The van der Waals surface area contributed by atoms with Gasteiger partial charge in [-0.1, -0.05) is 13.0 Å². The van der Waals surface area contributed by atoms with Crippen LogP contribution in [0.3, 0.4) is 0 Å². The maximum atomic E-state index is 12.8. The fraction of sp³-hybridized carbons (Fsp3) is 0.529. The van der Waals surface area contributed by atoms with Gasteiger partial charge in [0.1, 0.15) is 0 Å². The summed E-state index contributed by atoms with van der Waals surface area (Å²) < 4.78 is 0. The summed E-state index contributed by atoms with van der Waals surface area (Å²) in [6.07, 6.45) is 4.36. The Morgan fingerprint density at radius 3 is 2.91 bits per heavy atom. The Balaban J connectivity index is 1.87. The summed E-state index contributed by atoms with van der Waals surface area (Å²) in [5.41, 5.74) is 4.10. The van der Waals surface area contributed by atoms with Gasteiger partial charge < -0.3 is 4.90 Å². The molecule has 0 saturated carbocycles. The predicted molar refractivity (Wildman–Crippen MR) is 81.6 cm³/mol. The first-order valence-electron chi connectivity index (χ1n) is 7.95. The van der Waals surface area contributed by atoms with Crippen molar-refractivity contribution in [1.29, 1.82) is 0 Å². The molecule has 1 aliphatic heterocycles. The predicted octanol–water partition coefficient (Wildman–Crippen LogP) is 1.92. The number of aryl methyl sites for hydroxylation is 1. The van der Waals surface area contributed by atoms with Gasteiger partial charge in [-0.05, 0) is 55.4 Å². The van der Waals surface area contributed by atoms with Gasteiger partial charge in [-0.25, -0.2) is 5.48 Å². The molecule has 2 amide bonds. The summed E-state index contributed by atoms with van der Waals surface area (Å²) in [5, 5.41) is 8.77. The fourth-order valence-corrected chi connectivity index (χ4v) is 3.84. The van der Waals surface area contributed by atoms with Gasteiger partial charge >= 0.3 is 0 Å². The van der Waals surface area contributed by atoms with E-state index < -0.39 is 5.91 Å². The Hall–Kier alpha value is -1.88. The van der Waals surface area contributed by atoms with Crippen LogP contribution in [-0.2, 0) is 17.6 Å². The highest BCUT2D eigenvalue weighted by Gasteiger charge is 2.47. The molecule has 22 heavy (non-hydrogen) atoms. The highest BCUT2D eigenvalue weighted by molar-refractivity contribution is 5.93. The molecule has 2 N–H and O–H groups in total. The zero-order valence-electron chi connectivity index (χ0n) is 12.9. The highest BCUT2D eigenvalue weighted by Crippen LogP contribution is 2.43. The molecule has 1 atom stereocenters. The van der Waals surface area contributed by atoms with Crippen LogP contribution in [0.2, 0.25) is 0 Å². The number of rotatable bonds is 3. The van der Waals surface area contributed by atoms with Crippen molar-refractivity contribution in [3.63, 3.8) is 0 Å². The minimum atomic E-state index is -0.507. The topological polar surface area (TPSA) is 69.6 Å². The van der Waals surface area contributed by atoms with Crippen LogP contribution in [0.4, 0.5) is 0 Å². The van der Waals surface area contributed by atoms with E-state index >= 15 is 0 Å². The van der Waals surface area contributed by atoms with E-state index in [1.165, 1.54) is 5.56 Å². The Kier molecular flexibility index (Phi) is 3.91. The van der Waals surface area contributed by atoms with Crippen molar-refractivity contribution in [3.05, 3.63) is 34.9 Å². The van der Waals surface area contributed by atoms with Crippen molar-refractivity contribution in [2.45, 2.75) is 39.0 Å². The van der Waals surface area contributed by atoms with E-state index in [2.05, 4.69) is 6.92 Å². The molecule has 1 aromatic rings. The third-order valence-electron chi connectivity index (χ3n) is 5.07. The molecule has 0 radical (unpaired) electrons. The number of benzene rings is 1. The number of nitrogens with zero attached hydrogens (tertiary/aromatic N) is 1. The van der Waals surface area contributed by atoms with Crippen molar-refractivity contribution < 1.29 is 14.8 Å². The largest absolute Gasteiger partial charge is 0.342 e. The van der Waals surface area contributed by atoms with Crippen LogP contribution in [0.5, 0.6) is 0 Å². The third-order valence-corrected chi connectivity index (χ3v) is 5.07. The lowest BCUT2D eigenvalue weighted by Crippen LogP contribution is -2.39. The van der Waals surface area contributed by atoms with Gasteiger partial charge in [0.25, 0.3) is 5.91 Å². The summed E-state index contributed by atoms with van der Waals surface area (Å²) in [6.45, 7) is 3.77. The Morgan fingerprint density at radius 1 is 1.36 bits per heavy atom. The lowest BCUT2D eigenvalue weighted by molar-refractivity contribution is -0.136. The summed E-state index contributed by atoms with van der Waals surface area (Å²) in [7, 11) is 0. The molecular weight excluding hydrogens is 280 g/mol. The van der Waals surface area contributed by atoms with Crippen LogP contribution in [0.15, 0.2) is 18.2 Å². The summed E-state index contributed by atoms with van der Waals surface area (Å²) >= 11 is 0. The first-order valence-corrected chi connectivity index (χ1v) is 7.95. The van der Waals surface area contributed by atoms with Gasteiger partial charge in [0.2, 0.25) is 5.91 Å². The molecule has 5 nitrogen and oxygen atoms in total. The number of nitrogens with one attached hydrogen (secondary N) is 1. The standard InChI is InChI=1S/C17H22N2O3/c1-2-8-19-9-7-17(16(19)21)6-5-12-3-4-13(15(20)18-22)10-14(12)11-17/h3-4,10,22H,2,5-9,11H2,1H3,(H,18,20). The smallest absolute Gasteiger partial charge is 0.274 e. The zero-order valence-corrected chi connectivity index (χ0v) is 12.9. The molecule has 1 saturated heterocycles. The Bertz CT molecular complexity index is 614. The number of hydrogen-bond donors (Lipinski definition) is 2. The number of hydroxylamine groups is 1. The van der Waals surface area contributed by atoms with E-state index in [9.17, 15) is 9.59 Å². The number of hydrogen-bond acceptors (Lipinski definition) is 3. The van der Waals surface area contributed by atoms with Crippen LogP contribution >= 0.6 is 0 Å². The molecule has 3 rings (SSSR count). The van der Waals surface area contributed by atoms with Gasteiger partial charge in [-0.2, -0.15) is 0 Å². The monoisotopic (exact) mass is 302 g/mol. The van der Waals surface area contributed by atoms with Crippen molar-refractivity contribution in [3.8, 4) is 0 Å². The second-order valence-corrected chi connectivity index (χ2v) is 6.42. The Morgan fingerprint density at radius 2 is 2.18 bits per heavy atom. The van der Waals surface area contributed by atoms with Crippen LogP contribution in [0.1, 0.15) is 47.7 Å². The molecule has 1 aliphatic carbocycles. The molecule has 1 unspecified atom stereocenters. The van der Waals surface area contributed by atoms with Gasteiger partial charge in [0.05, 0.1) is 5.41 Å². The first kappa shape index (κ1) is 15.0. The molecule has 5 heteroatoms. The van der Waals surface area contributed by atoms with Crippen molar-refractivity contribution in [2.24, 2.45) is 5.41 Å².